The van der Waals surface area contributed by atoms with Crippen molar-refractivity contribution in [1.29, 1.82) is 0 Å². The smallest absolute Gasteiger partial charge is 0.470 e. The number of nitrogens with one attached hydrogen (secondary N) is 2. The molecule has 548 valence electrons. The van der Waals surface area contributed by atoms with Gasteiger partial charge in [0.1, 0.15) is 54.8 Å². The van der Waals surface area contributed by atoms with Gasteiger partial charge in [0.05, 0.1) is 32.2 Å². The Hall–Kier alpha value is -2.37. The van der Waals surface area contributed by atoms with Gasteiger partial charge in [-0.1, -0.05) is 271 Å². The van der Waals surface area contributed by atoms with Gasteiger partial charge in [-0.15, -0.1) is 0 Å². The van der Waals surface area contributed by atoms with Crippen molar-refractivity contribution >= 4 is 31.6 Å². The minimum absolute atomic E-state index is 0.177. The number of ether oxygens (including phenoxy) is 5. The van der Waals surface area contributed by atoms with Gasteiger partial charge < -0.3 is 74.7 Å². The molecular weight excluding hydrogens is 1220 g/mol. The van der Waals surface area contributed by atoms with E-state index >= 15 is 0 Å². The van der Waals surface area contributed by atoms with Crippen molar-refractivity contribution in [2.75, 3.05) is 19.8 Å². The molecule has 0 saturated carbocycles. The van der Waals surface area contributed by atoms with Gasteiger partial charge in [0.15, 0.2) is 12.6 Å². The predicted octanol–water partition coefficient (Wildman–Crippen LogP) is 13.5. The first kappa shape index (κ1) is 86.7. The van der Waals surface area contributed by atoms with E-state index in [0.29, 0.717) is 32.1 Å². The van der Waals surface area contributed by atoms with Crippen LogP contribution in [0.25, 0.3) is 0 Å². The Balaban J connectivity index is 2.19. The zero-order chi connectivity index (χ0) is 68.2. The molecule has 10 N–H and O–H groups in total. The highest BCUT2D eigenvalue weighted by atomic mass is 31.2. The number of amides is 2. The van der Waals surface area contributed by atoms with Crippen LogP contribution in [0.2, 0.25) is 0 Å². The Bertz CT molecular complexity index is 1890. The minimum atomic E-state index is -5.33. The lowest BCUT2D eigenvalue weighted by atomic mass is 9.95. The summed E-state index contributed by atoms with van der Waals surface area (Å²) >= 11 is 0. The molecule has 0 radical (unpaired) electrons. The van der Waals surface area contributed by atoms with Crippen molar-refractivity contribution in [3.8, 4) is 0 Å². The summed E-state index contributed by atoms with van der Waals surface area (Å²) in [7, 11) is -5.33. The molecule has 0 aromatic rings. The lowest BCUT2D eigenvalue weighted by Gasteiger charge is -2.45. The fourth-order valence-corrected chi connectivity index (χ4v) is 13.2. The van der Waals surface area contributed by atoms with Gasteiger partial charge in [-0.2, -0.15) is 0 Å². The van der Waals surface area contributed by atoms with Crippen molar-refractivity contribution in [3.05, 3.63) is 0 Å². The molecule has 22 heteroatoms. The molecule has 2 heterocycles. The Labute approximate surface area is 561 Å². The number of phosphoric acid groups is 1. The van der Waals surface area contributed by atoms with Crippen molar-refractivity contribution in [2.45, 2.75) is 409 Å². The zero-order valence-electron chi connectivity index (χ0n) is 58.2. The summed E-state index contributed by atoms with van der Waals surface area (Å²) in [5.41, 5.74) is 0. The molecule has 0 aromatic heterocycles. The Kier molecular flexibility index (Phi) is 52.7. The second kappa shape index (κ2) is 56.5. The van der Waals surface area contributed by atoms with Crippen molar-refractivity contribution in [2.24, 2.45) is 0 Å². The van der Waals surface area contributed by atoms with Crippen LogP contribution >= 0.6 is 7.82 Å². The van der Waals surface area contributed by atoms with Crippen LogP contribution in [0.3, 0.4) is 0 Å². The van der Waals surface area contributed by atoms with Gasteiger partial charge >= 0.3 is 19.8 Å². The number of aliphatic carboxylic acids is 1. The molecular formula is C71H135N2O19P. The standard InChI is InChI=1S/C71H135N2O19P/c1-4-7-10-13-16-27-32-37-42-47-56(75)52-60(76)72-64-67(82)66(81)59(91-70(64)87-51-46-41-36-31-26-24-22-20-19-21-23-25-30-34-39-44-49-62(78)79)55-88-71-65(68(83)69(58(54-74)90-71)92-93(84,85)86)73-61(77)53-57(48-43-38-33-28-17-14-11-8-5-2)89-63(80)50-45-40-35-29-18-15-12-9-6-3/h56-59,64-71,74-75,81-83H,4-55H2,1-3H3,(H,72,76)(H,73,77)(H,78,79)(H2,84,85,86)/t56-,57-,58-,59-,64-,65-,66-,67-,68-,69-,70+,71-/m1/s1. The van der Waals surface area contributed by atoms with E-state index in [4.69, 9.17) is 33.3 Å². The Morgan fingerprint density at radius 2 is 0.839 bits per heavy atom. The van der Waals surface area contributed by atoms with E-state index in [1.807, 2.05) is 0 Å². The number of carbonyl (C=O) groups is 4. The van der Waals surface area contributed by atoms with Crippen molar-refractivity contribution < 1.29 is 92.4 Å². The maximum atomic E-state index is 14.2. The van der Waals surface area contributed by atoms with Gasteiger partial charge in [-0.05, 0) is 38.5 Å². The van der Waals surface area contributed by atoms with Crippen LogP contribution in [0.4, 0.5) is 0 Å². The van der Waals surface area contributed by atoms with E-state index in [1.165, 1.54) is 122 Å². The monoisotopic (exact) mass is 1350 g/mol. The van der Waals surface area contributed by atoms with E-state index in [1.54, 1.807) is 0 Å². The van der Waals surface area contributed by atoms with Crippen LogP contribution in [-0.2, 0) is 52.0 Å². The topological polar surface area (TPSA) is 327 Å². The number of unbranched alkanes of at least 4 members (excludes halogenated alkanes) is 39. The lowest BCUT2D eigenvalue weighted by molar-refractivity contribution is -0.302. The number of rotatable bonds is 63. The highest BCUT2D eigenvalue weighted by Crippen LogP contribution is 2.42. The molecule has 12 atom stereocenters. The van der Waals surface area contributed by atoms with Gasteiger partial charge in [0.2, 0.25) is 11.8 Å². The third-order valence-corrected chi connectivity index (χ3v) is 18.9. The first-order valence-corrected chi connectivity index (χ1v) is 39.1. The average molecular weight is 1350 g/mol. The van der Waals surface area contributed by atoms with Crippen LogP contribution in [0, 0.1) is 0 Å². The van der Waals surface area contributed by atoms with Gasteiger partial charge in [-0.3, -0.25) is 23.7 Å². The lowest BCUT2D eigenvalue weighted by Crippen LogP contribution is -2.67. The summed E-state index contributed by atoms with van der Waals surface area (Å²) in [6.07, 6.45) is 31.9. The molecule has 2 amide bonds. The molecule has 21 nitrogen and oxygen atoms in total. The predicted molar refractivity (Wildman–Crippen MR) is 362 cm³/mol. The molecule has 2 aliphatic heterocycles. The number of esters is 1. The third-order valence-electron chi connectivity index (χ3n) is 18.3. The van der Waals surface area contributed by atoms with E-state index in [-0.39, 0.29) is 32.3 Å². The maximum absolute atomic E-state index is 14.2. The molecule has 0 aromatic carbocycles. The molecule has 2 rings (SSSR count). The third kappa shape index (κ3) is 44.3. The number of hydrogen-bond acceptors (Lipinski definition) is 16. The number of carbonyl (C=O) groups excluding carboxylic acids is 3. The highest BCUT2D eigenvalue weighted by Gasteiger charge is 2.51. The van der Waals surface area contributed by atoms with E-state index in [9.17, 15) is 59.1 Å². The van der Waals surface area contributed by atoms with E-state index in [2.05, 4.69) is 31.4 Å². The fourth-order valence-electron chi connectivity index (χ4n) is 12.7. The zero-order valence-corrected chi connectivity index (χ0v) is 59.1. The summed E-state index contributed by atoms with van der Waals surface area (Å²) in [5.74, 6) is -2.43. The van der Waals surface area contributed by atoms with Crippen LogP contribution in [0.1, 0.15) is 335 Å². The fraction of sp³-hybridized carbons (Fsp3) is 0.944. The molecule has 0 unspecified atom stereocenters. The van der Waals surface area contributed by atoms with Crippen LogP contribution in [0.5, 0.6) is 0 Å². The molecule has 0 aliphatic carbocycles. The molecule has 93 heavy (non-hydrogen) atoms. The second-order valence-corrected chi connectivity index (χ2v) is 28.2. The number of aliphatic hydroxyl groups is 5. The van der Waals surface area contributed by atoms with Crippen molar-refractivity contribution in [1.82, 2.24) is 10.6 Å². The molecule has 2 fully saturated rings. The van der Waals surface area contributed by atoms with Crippen LogP contribution in [-0.4, -0.2) is 157 Å². The van der Waals surface area contributed by atoms with E-state index in [0.717, 1.165) is 135 Å². The summed E-state index contributed by atoms with van der Waals surface area (Å²) in [6.45, 7) is 5.25. The number of hydrogen-bond donors (Lipinski definition) is 10. The number of aliphatic hydroxyl groups excluding tert-OH is 5. The SMILES string of the molecule is CCCCCCCCCCCC(=O)O[C@H](CCCCCCCCCCC)CC(=O)N[C@H]1[C@H](OC[C@H]2O[C@H](OCCCCCCCCCCCCCCCCCCC(=O)O)[C@H](NC(=O)C[C@H](O)CCCCCCCCCCC)[C@@H](O)[C@@H]2O)O[C@H](CO)[C@@H](OP(=O)(O)O)[C@@H]1O. The Morgan fingerprint density at radius 1 is 0.462 bits per heavy atom. The largest absolute Gasteiger partial charge is 0.481 e. The van der Waals surface area contributed by atoms with E-state index < -0.39 is 118 Å². The van der Waals surface area contributed by atoms with Crippen LogP contribution < -0.4 is 10.6 Å². The first-order chi connectivity index (χ1) is 44.9. The van der Waals surface area contributed by atoms with Crippen molar-refractivity contribution in [3.63, 3.8) is 0 Å². The van der Waals surface area contributed by atoms with Gasteiger partial charge in [0.25, 0.3) is 0 Å². The maximum Gasteiger partial charge on any atom is 0.470 e. The van der Waals surface area contributed by atoms with Gasteiger partial charge in [-0.25, -0.2) is 4.57 Å². The summed E-state index contributed by atoms with van der Waals surface area (Å²) < 4.78 is 47.8. The highest BCUT2D eigenvalue weighted by molar-refractivity contribution is 7.46. The number of carboxylic acids is 1. The molecule has 2 saturated heterocycles. The first-order valence-electron chi connectivity index (χ1n) is 37.6. The molecule has 0 bridgehead atoms. The normalized spacial score (nSPS) is 22.4. The van der Waals surface area contributed by atoms with Gasteiger partial charge in [0, 0.05) is 19.4 Å². The number of phosphoric ester groups is 1. The Morgan fingerprint density at radius 3 is 1.28 bits per heavy atom. The quantitative estimate of drug-likeness (QED) is 0.0154. The molecule has 0 spiro atoms. The number of carboxylic acid groups (broad SMARTS) is 1. The molecule has 2 aliphatic rings. The summed E-state index contributed by atoms with van der Waals surface area (Å²) in [6, 6.07) is -2.89. The summed E-state index contributed by atoms with van der Waals surface area (Å²) in [4.78, 5) is 71.5. The summed E-state index contributed by atoms with van der Waals surface area (Å²) in [5, 5.41) is 70.7. The van der Waals surface area contributed by atoms with Crippen LogP contribution in [0.15, 0.2) is 0 Å². The second-order valence-electron chi connectivity index (χ2n) is 27.0. The minimum Gasteiger partial charge on any atom is -0.481 e. The average Bonchev–Trinajstić information content (AvgIpc) is 0.813.